The fourth-order valence-electron chi connectivity index (χ4n) is 7.91. The molecule has 0 aromatic carbocycles. The van der Waals surface area contributed by atoms with Crippen molar-refractivity contribution in [2.75, 3.05) is 13.1 Å². The quantitative estimate of drug-likeness (QED) is 0.692. The van der Waals surface area contributed by atoms with Gasteiger partial charge in [0.15, 0.2) is 0 Å². The molecule has 31 heavy (non-hydrogen) atoms. The Hall–Kier alpha value is -1.18. The van der Waals surface area contributed by atoms with Crippen LogP contribution in [-0.2, 0) is 24.1 Å². The molecule has 0 unspecified atom stereocenters. The Morgan fingerprint density at radius 2 is 1.48 bits per heavy atom. The van der Waals surface area contributed by atoms with Crippen molar-refractivity contribution in [3.63, 3.8) is 0 Å². The third-order valence-corrected chi connectivity index (χ3v) is 9.53. The van der Waals surface area contributed by atoms with Crippen molar-refractivity contribution in [3.05, 3.63) is 0 Å². The summed E-state index contributed by atoms with van der Waals surface area (Å²) in [6, 6.07) is 0. The average molecular weight is 433 g/mol. The van der Waals surface area contributed by atoms with E-state index in [1.54, 1.807) is 0 Å². The molecule has 0 aromatic heterocycles. The van der Waals surface area contributed by atoms with Crippen molar-refractivity contribution in [3.8, 4) is 0 Å². The molecule has 2 amide bonds. The number of rotatable bonds is 3. The summed E-state index contributed by atoms with van der Waals surface area (Å²) in [7, 11) is 0. The number of piperidine rings is 1. The lowest BCUT2D eigenvalue weighted by Gasteiger charge is -2.57. The molecule has 172 valence electrons. The van der Waals surface area contributed by atoms with Crippen molar-refractivity contribution >= 4 is 11.8 Å². The number of primary amides is 1. The summed E-state index contributed by atoms with van der Waals surface area (Å²) in [5.41, 5.74) is 5.41. The highest BCUT2D eigenvalue weighted by molar-refractivity contribution is 5.79. The van der Waals surface area contributed by atoms with E-state index >= 15 is 0 Å². The summed E-state index contributed by atoms with van der Waals surface area (Å²) in [4.78, 5) is 38.2. The third kappa shape index (κ3) is 3.42. The molecule has 7 aliphatic rings. The van der Waals surface area contributed by atoms with Crippen molar-refractivity contribution in [1.29, 1.82) is 0 Å². The Bertz CT molecular complexity index is 710. The normalized spacial score (nSPS) is 46.8. The lowest BCUT2D eigenvalue weighted by Crippen LogP contribution is -2.59. The number of hydrogen-bond acceptors (Lipinski definition) is 5. The van der Waals surface area contributed by atoms with Gasteiger partial charge in [0, 0.05) is 50.1 Å². The molecule has 2 saturated heterocycles. The van der Waals surface area contributed by atoms with Gasteiger partial charge in [-0.1, -0.05) is 0 Å². The number of likely N-dealkylation sites (tertiary alicyclic amines) is 1. The minimum atomic E-state index is -0.602. The first-order valence-electron chi connectivity index (χ1n) is 12.6. The van der Waals surface area contributed by atoms with Gasteiger partial charge >= 0.3 is 0 Å². The van der Waals surface area contributed by atoms with Gasteiger partial charge < -0.3 is 15.4 Å². The summed E-state index contributed by atoms with van der Waals surface area (Å²) in [6.07, 6.45) is 11.8. The van der Waals surface area contributed by atoms with E-state index in [1.807, 2.05) is 4.90 Å². The highest BCUT2D eigenvalue weighted by atomic mass is 17.3. The van der Waals surface area contributed by atoms with Gasteiger partial charge in [-0.25, -0.2) is 0 Å². The Labute approximate surface area is 184 Å². The van der Waals surface area contributed by atoms with Crippen LogP contribution in [0.3, 0.4) is 0 Å². The predicted molar refractivity (Wildman–Crippen MR) is 111 cm³/mol. The van der Waals surface area contributed by atoms with Gasteiger partial charge in [-0.2, -0.15) is 9.78 Å². The van der Waals surface area contributed by atoms with Gasteiger partial charge in [0.25, 0.3) is 0 Å². The monoisotopic (exact) mass is 432 g/mol. The van der Waals surface area contributed by atoms with Crippen molar-refractivity contribution in [1.82, 2.24) is 4.90 Å². The number of ether oxygens (including phenoxy) is 1. The molecule has 7 rings (SSSR count). The highest BCUT2D eigenvalue weighted by Crippen LogP contribution is 2.63. The molecule has 4 bridgehead atoms. The van der Waals surface area contributed by atoms with Crippen LogP contribution in [0, 0.1) is 35.5 Å². The largest absolute Gasteiger partial charge is 0.369 e. The second-order valence-electron chi connectivity index (χ2n) is 11.4. The molecule has 0 radical (unpaired) electrons. The maximum absolute atomic E-state index is 12.8. The molecular weight excluding hydrogens is 396 g/mol. The lowest BCUT2D eigenvalue weighted by molar-refractivity contribution is -0.390. The Balaban J connectivity index is 1.03. The second-order valence-corrected chi connectivity index (χ2v) is 11.4. The standard InChI is InChI=1S/C24H36N2O5/c25-22(28)18-3-7-26(8-4-18)21(27)14-15-1-5-23(6-2-15)29-24(31-30-23)19-10-16-9-17(12-19)13-20(24)11-16/h15-20H,1-14H2,(H2,25,28). The van der Waals surface area contributed by atoms with Gasteiger partial charge in [-0.15, -0.1) is 0 Å². The zero-order valence-electron chi connectivity index (χ0n) is 18.4. The molecular formula is C24H36N2O5. The van der Waals surface area contributed by atoms with E-state index in [-0.39, 0.29) is 17.7 Å². The minimum absolute atomic E-state index is 0.0762. The maximum Gasteiger partial charge on any atom is 0.222 e. The molecule has 2 spiro atoms. The molecule has 2 N–H and O–H groups in total. The van der Waals surface area contributed by atoms with E-state index in [9.17, 15) is 9.59 Å². The second kappa shape index (κ2) is 7.42. The molecule has 2 heterocycles. The van der Waals surface area contributed by atoms with Crippen LogP contribution in [0.4, 0.5) is 0 Å². The summed E-state index contributed by atoms with van der Waals surface area (Å²) in [5.74, 6) is 1.89. The zero-order chi connectivity index (χ0) is 21.2. The SMILES string of the molecule is NC(=O)C1CCN(C(=O)CC2CCC3(CC2)OOC2(O3)C3CC4CC(C3)CC2C4)CC1. The van der Waals surface area contributed by atoms with Gasteiger partial charge in [-0.3, -0.25) is 9.59 Å². The van der Waals surface area contributed by atoms with Crippen LogP contribution < -0.4 is 5.73 Å². The smallest absolute Gasteiger partial charge is 0.222 e. The number of carbonyl (C=O) groups is 2. The van der Waals surface area contributed by atoms with Crippen molar-refractivity contribution in [2.45, 2.75) is 88.6 Å². The fraction of sp³-hybridized carbons (Fsp3) is 0.917. The van der Waals surface area contributed by atoms with Crippen LogP contribution in [0.5, 0.6) is 0 Å². The molecule has 5 saturated carbocycles. The van der Waals surface area contributed by atoms with E-state index < -0.39 is 11.6 Å². The van der Waals surface area contributed by atoms with Gasteiger partial charge in [-0.05, 0) is 75.5 Å². The molecule has 7 nitrogen and oxygen atoms in total. The minimum Gasteiger partial charge on any atom is -0.369 e. The van der Waals surface area contributed by atoms with E-state index in [1.165, 1.54) is 32.1 Å². The van der Waals surface area contributed by atoms with Crippen LogP contribution in [0.15, 0.2) is 0 Å². The number of hydrogen-bond donors (Lipinski definition) is 1. The Kier molecular flexibility index (Phi) is 4.89. The van der Waals surface area contributed by atoms with Crippen LogP contribution >= 0.6 is 0 Å². The maximum atomic E-state index is 12.8. The Morgan fingerprint density at radius 1 is 0.871 bits per heavy atom. The molecule has 7 heteroatoms. The number of nitrogens with two attached hydrogens (primary N) is 1. The molecule has 0 aromatic rings. The van der Waals surface area contributed by atoms with E-state index in [0.717, 1.165) is 37.5 Å². The summed E-state index contributed by atoms with van der Waals surface area (Å²) >= 11 is 0. The fourth-order valence-corrected chi connectivity index (χ4v) is 7.91. The first kappa shape index (κ1) is 20.4. The van der Waals surface area contributed by atoms with Crippen LogP contribution in [0.2, 0.25) is 0 Å². The highest BCUT2D eigenvalue weighted by Gasteiger charge is 2.66. The van der Waals surface area contributed by atoms with Gasteiger partial charge in [0.05, 0.1) is 0 Å². The molecule has 0 atom stereocenters. The summed E-state index contributed by atoms with van der Waals surface area (Å²) in [6.45, 7) is 1.30. The third-order valence-electron chi connectivity index (χ3n) is 9.53. The van der Waals surface area contributed by atoms with Crippen LogP contribution in [0.25, 0.3) is 0 Å². The van der Waals surface area contributed by atoms with Gasteiger partial charge in [0.2, 0.25) is 23.4 Å². The first-order valence-corrected chi connectivity index (χ1v) is 12.6. The lowest BCUT2D eigenvalue weighted by atomic mass is 9.53. The number of nitrogens with zero attached hydrogens (tertiary/aromatic N) is 1. The molecule has 2 aliphatic heterocycles. The van der Waals surface area contributed by atoms with Gasteiger partial charge in [0.1, 0.15) is 0 Å². The van der Waals surface area contributed by atoms with E-state index in [2.05, 4.69) is 0 Å². The predicted octanol–water partition coefficient (Wildman–Crippen LogP) is 3.12. The number of amides is 2. The van der Waals surface area contributed by atoms with E-state index in [4.69, 9.17) is 20.2 Å². The molecule has 7 fully saturated rings. The average Bonchev–Trinajstić information content (AvgIpc) is 3.13. The van der Waals surface area contributed by atoms with Crippen LogP contribution in [-0.4, -0.2) is 41.4 Å². The Morgan fingerprint density at radius 3 is 2.06 bits per heavy atom. The van der Waals surface area contributed by atoms with Crippen molar-refractivity contribution < 1.29 is 24.1 Å². The van der Waals surface area contributed by atoms with Crippen molar-refractivity contribution in [2.24, 2.45) is 41.2 Å². The summed E-state index contributed by atoms with van der Waals surface area (Å²) in [5, 5.41) is 0. The molecule has 5 aliphatic carbocycles. The first-order chi connectivity index (χ1) is 14.9. The summed E-state index contributed by atoms with van der Waals surface area (Å²) < 4.78 is 6.77. The topological polar surface area (TPSA) is 91.1 Å². The zero-order valence-corrected chi connectivity index (χ0v) is 18.4. The number of carbonyl (C=O) groups excluding carboxylic acids is 2. The van der Waals surface area contributed by atoms with Crippen LogP contribution in [0.1, 0.15) is 77.0 Å². The van der Waals surface area contributed by atoms with E-state index in [0.29, 0.717) is 50.1 Å².